The molecule has 96 valence electrons. The van der Waals surface area contributed by atoms with E-state index >= 15 is 0 Å². The Morgan fingerprint density at radius 1 is 1.47 bits per heavy atom. The molecule has 0 aliphatic rings. The van der Waals surface area contributed by atoms with Gasteiger partial charge in [-0.2, -0.15) is 0 Å². The number of phenols is 1. The standard InChI is InChI=1S/C12H18FNO3/c1-8(14-6-10(15)7-17-2)11-5-9(13)3-4-12(11)16/h3-5,8,10,14-16H,6-7H2,1-2H3. The fraction of sp³-hybridized carbons (Fsp3) is 0.500. The Morgan fingerprint density at radius 3 is 2.82 bits per heavy atom. The van der Waals surface area contributed by atoms with E-state index in [4.69, 9.17) is 4.74 Å². The van der Waals surface area contributed by atoms with E-state index in [1.165, 1.54) is 25.3 Å². The fourth-order valence-corrected chi connectivity index (χ4v) is 1.55. The Balaban J connectivity index is 2.57. The van der Waals surface area contributed by atoms with Gasteiger partial charge in [0, 0.05) is 25.3 Å². The van der Waals surface area contributed by atoms with Crippen LogP contribution in [0.5, 0.6) is 5.75 Å². The average molecular weight is 243 g/mol. The lowest BCUT2D eigenvalue weighted by Gasteiger charge is -2.18. The van der Waals surface area contributed by atoms with Gasteiger partial charge in [-0.15, -0.1) is 0 Å². The third kappa shape index (κ3) is 4.30. The Hall–Kier alpha value is -1.17. The quantitative estimate of drug-likeness (QED) is 0.702. The first-order chi connectivity index (χ1) is 8.04. The van der Waals surface area contributed by atoms with Crippen molar-refractivity contribution in [3.63, 3.8) is 0 Å². The van der Waals surface area contributed by atoms with Gasteiger partial charge in [-0.3, -0.25) is 0 Å². The van der Waals surface area contributed by atoms with E-state index in [0.29, 0.717) is 12.1 Å². The van der Waals surface area contributed by atoms with Crippen LogP contribution in [0.4, 0.5) is 4.39 Å². The minimum absolute atomic E-state index is 0.0348. The Bertz CT molecular complexity index is 360. The summed E-state index contributed by atoms with van der Waals surface area (Å²) in [6.07, 6.45) is -0.627. The third-order valence-corrected chi connectivity index (χ3v) is 2.47. The van der Waals surface area contributed by atoms with Gasteiger partial charge in [0.05, 0.1) is 12.7 Å². The van der Waals surface area contributed by atoms with Crippen LogP contribution in [-0.4, -0.2) is 36.6 Å². The first-order valence-electron chi connectivity index (χ1n) is 5.43. The van der Waals surface area contributed by atoms with Crippen LogP contribution in [0.15, 0.2) is 18.2 Å². The van der Waals surface area contributed by atoms with Crippen molar-refractivity contribution in [1.29, 1.82) is 0 Å². The van der Waals surface area contributed by atoms with E-state index in [9.17, 15) is 14.6 Å². The molecule has 0 saturated carbocycles. The Kier molecular flexibility index (Phi) is 5.34. The lowest BCUT2D eigenvalue weighted by atomic mass is 10.1. The van der Waals surface area contributed by atoms with E-state index < -0.39 is 11.9 Å². The minimum atomic E-state index is -0.627. The van der Waals surface area contributed by atoms with E-state index in [1.807, 2.05) is 0 Å². The molecule has 3 N–H and O–H groups in total. The number of halogens is 1. The lowest BCUT2D eigenvalue weighted by molar-refractivity contribution is 0.0630. The number of aromatic hydroxyl groups is 1. The predicted molar refractivity (Wildman–Crippen MR) is 62.4 cm³/mol. The van der Waals surface area contributed by atoms with Crippen molar-refractivity contribution in [2.24, 2.45) is 0 Å². The van der Waals surface area contributed by atoms with Crippen molar-refractivity contribution in [3.8, 4) is 5.75 Å². The van der Waals surface area contributed by atoms with Crippen LogP contribution >= 0.6 is 0 Å². The molecule has 0 radical (unpaired) electrons. The molecular weight excluding hydrogens is 225 g/mol. The number of aliphatic hydroxyl groups excluding tert-OH is 1. The SMILES string of the molecule is COCC(O)CNC(C)c1cc(F)ccc1O. The molecule has 0 amide bonds. The Morgan fingerprint density at radius 2 is 2.18 bits per heavy atom. The van der Waals surface area contributed by atoms with Gasteiger partial charge in [-0.25, -0.2) is 4.39 Å². The highest BCUT2D eigenvalue weighted by Gasteiger charge is 2.12. The molecule has 0 aliphatic heterocycles. The van der Waals surface area contributed by atoms with E-state index in [0.717, 1.165) is 0 Å². The number of hydrogen-bond acceptors (Lipinski definition) is 4. The lowest BCUT2D eigenvalue weighted by Crippen LogP contribution is -2.31. The summed E-state index contributed by atoms with van der Waals surface area (Å²) < 4.78 is 17.8. The number of ether oxygens (including phenoxy) is 1. The first kappa shape index (κ1) is 13.9. The predicted octanol–water partition coefficient (Wildman–Crippen LogP) is 1.19. The van der Waals surface area contributed by atoms with Crippen molar-refractivity contribution in [1.82, 2.24) is 5.32 Å². The topological polar surface area (TPSA) is 61.7 Å². The van der Waals surface area contributed by atoms with Crippen molar-refractivity contribution >= 4 is 0 Å². The van der Waals surface area contributed by atoms with Crippen LogP contribution in [0.1, 0.15) is 18.5 Å². The van der Waals surface area contributed by atoms with Crippen LogP contribution in [0, 0.1) is 5.82 Å². The number of methoxy groups -OCH3 is 1. The molecule has 0 bridgehead atoms. The summed E-state index contributed by atoms with van der Waals surface area (Å²) in [7, 11) is 1.51. The largest absolute Gasteiger partial charge is 0.508 e. The van der Waals surface area contributed by atoms with Crippen LogP contribution in [0.2, 0.25) is 0 Å². The molecule has 0 spiro atoms. The zero-order chi connectivity index (χ0) is 12.8. The van der Waals surface area contributed by atoms with Crippen molar-refractivity contribution in [3.05, 3.63) is 29.6 Å². The van der Waals surface area contributed by atoms with E-state index in [-0.39, 0.29) is 18.4 Å². The van der Waals surface area contributed by atoms with E-state index in [1.54, 1.807) is 6.92 Å². The second kappa shape index (κ2) is 6.54. The molecule has 0 saturated heterocycles. The molecule has 0 heterocycles. The maximum absolute atomic E-state index is 13.0. The number of phenolic OH excluding ortho intramolecular Hbond substituents is 1. The zero-order valence-corrected chi connectivity index (χ0v) is 9.98. The third-order valence-electron chi connectivity index (χ3n) is 2.47. The van der Waals surface area contributed by atoms with Crippen LogP contribution in [0.25, 0.3) is 0 Å². The maximum Gasteiger partial charge on any atom is 0.123 e. The summed E-state index contributed by atoms with van der Waals surface area (Å²) in [6.45, 7) is 2.33. The molecule has 1 aromatic carbocycles. The molecular formula is C12H18FNO3. The van der Waals surface area contributed by atoms with Gasteiger partial charge >= 0.3 is 0 Å². The number of aliphatic hydroxyl groups is 1. The number of benzene rings is 1. The Labute approximate surface area is 100 Å². The molecule has 5 heteroatoms. The van der Waals surface area contributed by atoms with Gasteiger partial charge in [-0.1, -0.05) is 0 Å². The highest BCUT2D eigenvalue weighted by atomic mass is 19.1. The second-order valence-electron chi connectivity index (χ2n) is 3.94. The maximum atomic E-state index is 13.0. The van der Waals surface area contributed by atoms with Crippen molar-refractivity contribution in [2.75, 3.05) is 20.3 Å². The van der Waals surface area contributed by atoms with Crippen LogP contribution in [-0.2, 0) is 4.74 Å². The van der Waals surface area contributed by atoms with E-state index in [2.05, 4.69) is 5.32 Å². The number of nitrogens with one attached hydrogen (secondary N) is 1. The normalized spacial score (nSPS) is 14.6. The summed E-state index contributed by atoms with van der Waals surface area (Å²) in [6, 6.07) is 3.53. The van der Waals surface area contributed by atoms with Crippen molar-refractivity contribution in [2.45, 2.75) is 19.1 Å². The smallest absolute Gasteiger partial charge is 0.123 e. The molecule has 2 unspecified atom stereocenters. The highest BCUT2D eigenvalue weighted by molar-refractivity contribution is 5.34. The summed E-state index contributed by atoms with van der Waals surface area (Å²) in [5, 5.41) is 22.0. The summed E-state index contributed by atoms with van der Waals surface area (Å²) in [4.78, 5) is 0. The second-order valence-corrected chi connectivity index (χ2v) is 3.94. The van der Waals surface area contributed by atoms with Gasteiger partial charge in [-0.05, 0) is 25.1 Å². The summed E-state index contributed by atoms with van der Waals surface area (Å²) in [5.41, 5.74) is 0.467. The van der Waals surface area contributed by atoms with Gasteiger partial charge in [0.1, 0.15) is 11.6 Å². The van der Waals surface area contributed by atoms with Gasteiger partial charge < -0.3 is 20.3 Å². The minimum Gasteiger partial charge on any atom is -0.508 e. The molecule has 0 fully saturated rings. The molecule has 2 atom stereocenters. The number of rotatable bonds is 6. The highest BCUT2D eigenvalue weighted by Crippen LogP contribution is 2.24. The van der Waals surface area contributed by atoms with Gasteiger partial charge in [0.2, 0.25) is 0 Å². The average Bonchev–Trinajstić information content (AvgIpc) is 2.29. The first-order valence-corrected chi connectivity index (χ1v) is 5.43. The zero-order valence-electron chi connectivity index (χ0n) is 9.98. The number of hydrogen-bond donors (Lipinski definition) is 3. The molecule has 1 aromatic rings. The molecule has 4 nitrogen and oxygen atoms in total. The summed E-state index contributed by atoms with van der Waals surface area (Å²) >= 11 is 0. The van der Waals surface area contributed by atoms with Gasteiger partial charge in [0.25, 0.3) is 0 Å². The van der Waals surface area contributed by atoms with Crippen molar-refractivity contribution < 1.29 is 19.3 Å². The summed E-state index contributed by atoms with van der Waals surface area (Å²) in [5.74, 6) is -0.364. The fourth-order valence-electron chi connectivity index (χ4n) is 1.55. The molecule has 0 aromatic heterocycles. The van der Waals surface area contributed by atoms with Gasteiger partial charge in [0.15, 0.2) is 0 Å². The van der Waals surface area contributed by atoms with Crippen LogP contribution in [0.3, 0.4) is 0 Å². The van der Waals surface area contributed by atoms with Crippen LogP contribution < -0.4 is 5.32 Å². The molecule has 17 heavy (non-hydrogen) atoms. The molecule has 1 rings (SSSR count). The monoisotopic (exact) mass is 243 g/mol. The molecule has 0 aliphatic carbocycles.